The summed E-state index contributed by atoms with van der Waals surface area (Å²) in [6, 6.07) is 15.0. The summed E-state index contributed by atoms with van der Waals surface area (Å²) in [5.41, 5.74) is 8.56. The van der Waals surface area contributed by atoms with E-state index in [4.69, 9.17) is 5.73 Å². The van der Waals surface area contributed by atoms with Crippen molar-refractivity contribution in [3.63, 3.8) is 0 Å². The Kier molecular flexibility index (Phi) is 5.27. The molecule has 1 aromatic heterocycles. The van der Waals surface area contributed by atoms with Gasteiger partial charge in [-0.05, 0) is 30.2 Å². The van der Waals surface area contributed by atoms with Gasteiger partial charge in [0.2, 0.25) is 0 Å². The van der Waals surface area contributed by atoms with Crippen LogP contribution in [0.2, 0.25) is 0 Å². The maximum Gasteiger partial charge on any atom is 0.0312 e. The van der Waals surface area contributed by atoms with E-state index in [1.54, 1.807) is 6.20 Å². The summed E-state index contributed by atoms with van der Waals surface area (Å²) in [4.78, 5) is 6.48. The Balaban J connectivity index is 2.07. The molecule has 3 nitrogen and oxygen atoms in total. The van der Waals surface area contributed by atoms with Crippen molar-refractivity contribution in [1.29, 1.82) is 0 Å². The number of nitrogens with two attached hydrogens (primary N) is 1. The SMILES string of the molecule is CC(c1ccccc1)C(CN)N(C)Cc1cccnc1. The van der Waals surface area contributed by atoms with Crippen LogP contribution in [0.5, 0.6) is 0 Å². The molecule has 2 N–H and O–H groups in total. The van der Waals surface area contributed by atoms with Crippen LogP contribution in [0, 0.1) is 0 Å². The summed E-state index contributed by atoms with van der Waals surface area (Å²) in [5, 5.41) is 0. The molecule has 106 valence electrons. The number of nitrogens with zero attached hydrogens (tertiary/aromatic N) is 2. The second-order valence-corrected chi connectivity index (χ2v) is 5.28. The molecule has 0 spiro atoms. The van der Waals surface area contributed by atoms with E-state index in [2.05, 4.69) is 54.2 Å². The molecular formula is C17H23N3. The highest BCUT2D eigenvalue weighted by Gasteiger charge is 2.21. The van der Waals surface area contributed by atoms with Gasteiger partial charge in [0.15, 0.2) is 0 Å². The summed E-state index contributed by atoms with van der Waals surface area (Å²) in [5.74, 6) is 0.405. The van der Waals surface area contributed by atoms with Crippen LogP contribution in [-0.2, 0) is 6.54 Å². The first kappa shape index (κ1) is 14.7. The number of likely N-dealkylation sites (N-methyl/N-ethyl adjacent to an activating group) is 1. The molecule has 2 atom stereocenters. The first-order chi connectivity index (χ1) is 9.72. The van der Waals surface area contributed by atoms with Crippen LogP contribution in [0.1, 0.15) is 24.0 Å². The molecule has 3 heteroatoms. The van der Waals surface area contributed by atoms with Crippen molar-refractivity contribution in [2.24, 2.45) is 5.73 Å². The van der Waals surface area contributed by atoms with Crippen molar-refractivity contribution in [2.45, 2.75) is 25.4 Å². The molecule has 0 saturated carbocycles. The molecule has 0 aliphatic rings. The zero-order valence-electron chi connectivity index (χ0n) is 12.2. The molecule has 0 saturated heterocycles. The van der Waals surface area contributed by atoms with E-state index in [9.17, 15) is 0 Å². The maximum atomic E-state index is 6.01. The standard InChI is InChI=1S/C17H23N3/c1-14(16-8-4-3-5-9-16)17(11-18)20(2)13-15-7-6-10-19-12-15/h3-10,12,14,17H,11,13,18H2,1-2H3. The quantitative estimate of drug-likeness (QED) is 0.876. The lowest BCUT2D eigenvalue weighted by atomic mass is 9.92. The highest BCUT2D eigenvalue weighted by atomic mass is 15.1. The van der Waals surface area contributed by atoms with Crippen LogP contribution in [0.25, 0.3) is 0 Å². The van der Waals surface area contributed by atoms with Gasteiger partial charge in [-0.3, -0.25) is 9.88 Å². The van der Waals surface area contributed by atoms with E-state index in [1.165, 1.54) is 11.1 Å². The highest BCUT2D eigenvalue weighted by Crippen LogP contribution is 2.22. The van der Waals surface area contributed by atoms with E-state index >= 15 is 0 Å². The number of aromatic nitrogens is 1. The number of hydrogen-bond acceptors (Lipinski definition) is 3. The van der Waals surface area contributed by atoms with Crippen molar-refractivity contribution in [1.82, 2.24) is 9.88 Å². The van der Waals surface area contributed by atoms with Crippen LogP contribution in [0.15, 0.2) is 54.9 Å². The Hall–Kier alpha value is -1.71. The van der Waals surface area contributed by atoms with Gasteiger partial charge in [0.05, 0.1) is 0 Å². The Labute approximate surface area is 121 Å². The molecule has 1 heterocycles. The lowest BCUT2D eigenvalue weighted by Crippen LogP contribution is -2.41. The molecule has 0 fully saturated rings. The summed E-state index contributed by atoms with van der Waals surface area (Å²) in [7, 11) is 2.13. The van der Waals surface area contributed by atoms with Gasteiger partial charge in [0, 0.05) is 31.5 Å². The van der Waals surface area contributed by atoms with Crippen LogP contribution in [-0.4, -0.2) is 29.5 Å². The van der Waals surface area contributed by atoms with Crippen molar-refractivity contribution in [3.8, 4) is 0 Å². The van der Waals surface area contributed by atoms with Crippen LogP contribution >= 0.6 is 0 Å². The smallest absolute Gasteiger partial charge is 0.0312 e. The van der Waals surface area contributed by atoms with Gasteiger partial charge < -0.3 is 5.73 Å². The average Bonchev–Trinajstić information content (AvgIpc) is 2.49. The van der Waals surface area contributed by atoms with Crippen LogP contribution in [0.4, 0.5) is 0 Å². The third-order valence-corrected chi connectivity index (χ3v) is 3.86. The van der Waals surface area contributed by atoms with Gasteiger partial charge in [-0.25, -0.2) is 0 Å². The lowest BCUT2D eigenvalue weighted by Gasteiger charge is -2.32. The molecule has 0 bridgehead atoms. The first-order valence-electron chi connectivity index (χ1n) is 7.06. The van der Waals surface area contributed by atoms with Gasteiger partial charge in [0.1, 0.15) is 0 Å². The van der Waals surface area contributed by atoms with Gasteiger partial charge in [-0.2, -0.15) is 0 Å². The Bertz CT molecular complexity index is 498. The molecule has 2 rings (SSSR count). The minimum atomic E-state index is 0.317. The molecule has 2 aromatic rings. The summed E-state index contributed by atoms with van der Waals surface area (Å²) in [6.45, 7) is 3.76. The first-order valence-corrected chi connectivity index (χ1v) is 7.06. The minimum Gasteiger partial charge on any atom is -0.329 e. The topological polar surface area (TPSA) is 42.1 Å². The van der Waals surface area contributed by atoms with Gasteiger partial charge in [-0.1, -0.05) is 43.3 Å². The Morgan fingerprint density at radius 2 is 1.90 bits per heavy atom. The van der Waals surface area contributed by atoms with Crippen LogP contribution in [0.3, 0.4) is 0 Å². The van der Waals surface area contributed by atoms with Crippen molar-refractivity contribution in [3.05, 3.63) is 66.0 Å². The maximum absolute atomic E-state index is 6.01. The summed E-state index contributed by atoms with van der Waals surface area (Å²) >= 11 is 0. The zero-order valence-corrected chi connectivity index (χ0v) is 12.2. The zero-order chi connectivity index (χ0) is 14.4. The predicted molar refractivity (Wildman–Crippen MR) is 83.4 cm³/mol. The predicted octanol–water partition coefficient (Wildman–Crippen LogP) is 2.64. The fraction of sp³-hybridized carbons (Fsp3) is 0.353. The third kappa shape index (κ3) is 3.65. The highest BCUT2D eigenvalue weighted by molar-refractivity contribution is 5.21. The number of hydrogen-bond donors (Lipinski definition) is 1. The minimum absolute atomic E-state index is 0.317. The Morgan fingerprint density at radius 1 is 1.15 bits per heavy atom. The van der Waals surface area contributed by atoms with E-state index in [-0.39, 0.29) is 0 Å². The molecule has 0 aliphatic heterocycles. The second kappa shape index (κ2) is 7.17. The monoisotopic (exact) mass is 269 g/mol. The van der Waals surface area contributed by atoms with E-state index in [0.29, 0.717) is 18.5 Å². The van der Waals surface area contributed by atoms with E-state index in [0.717, 1.165) is 6.54 Å². The molecule has 20 heavy (non-hydrogen) atoms. The van der Waals surface area contributed by atoms with E-state index < -0.39 is 0 Å². The molecule has 0 radical (unpaired) electrons. The molecule has 0 aliphatic carbocycles. The molecule has 2 unspecified atom stereocenters. The average molecular weight is 269 g/mol. The van der Waals surface area contributed by atoms with Gasteiger partial charge in [-0.15, -0.1) is 0 Å². The summed E-state index contributed by atoms with van der Waals surface area (Å²) < 4.78 is 0. The Morgan fingerprint density at radius 3 is 2.50 bits per heavy atom. The lowest BCUT2D eigenvalue weighted by molar-refractivity contribution is 0.212. The number of pyridine rings is 1. The van der Waals surface area contributed by atoms with E-state index in [1.807, 2.05) is 18.3 Å². The largest absolute Gasteiger partial charge is 0.329 e. The third-order valence-electron chi connectivity index (χ3n) is 3.86. The van der Waals surface area contributed by atoms with Crippen molar-refractivity contribution in [2.75, 3.05) is 13.6 Å². The number of rotatable bonds is 6. The van der Waals surface area contributed by atoms with Crippen molar-refractivity contribution >= 4 is 0 Å². The van der Waals surface area contributed by atoms with Gasteiger partial charge in [0.25, 0.3) is 0 Å². The normalized spacial score (nSPS) is 14.2. The van der Waals surface area contributed by atoms with Gasteiger partial charge >= 0.3 is 0 Å². The fourth-order valence-corrected chi connectivity index (χ4v) is 2.64. The molecule has 0 amide bonds. The van der Waals surface area contributed by atoms with Crippen molar-refractivity contribution < 1.29 is 0 Å². The second-order valence-electron chi connectivity index (χ2n) is 5.28. The number of benzene rings is 1. The molecule has 1 aromatic carbocycles. The van der Waals surface area contributed by atoms with Crippen LogP contribution < -0.4 is 5.73 Å². The summed E-state index contributed by atoms with van der Waals surface area (Å²) in [6.07, 6.45) is 3.72. The fourth-order valence-electron chi connectivity index (χ4n) is 2.64. The molecular weight excluding hydrogens is 246 g/mol.